The number of hydrogen-bond donors (Lipinski definition) is 3. The maximum Gasteiger partial charge on any atom is 0.279 e. The summed E-state index contributed by atoms with van der Waals surface area (Å²) in [7, 11) is 1.85. The largest absolute Gasteiger partial charge is 0.321 e. The van der Waals surface area contributed by atoms with Crippen molar-refractivity contribution in [3.8, 4) is 0 Å². The van der Waals surface area contributed by atoms with Crippen LogP contribution < -0.4 is 15.8 Å². The molecule has 1 heterocycles. The van der Waals surface area contributed by atoms with E-state index in [0.29, 0.717) is 32.5 Å². The summed E-state index contributed by atoms with van der Waals surface area (Å²) < 4.78 is 0. The minimum atomic E-state index is -0.238. The number of amides is 1. The Balaban J connectivity index is 1.75. The summed E-state index contributed by atoms with van der Waals surface area (Å²) in [6.07, 6.45) is 0. The van der Waals surface area contributed by atoms with Crippen molar-refractivity contribution in [2.24, 2.45) is 0 Å². The number of halogens is 2. The predicted molar refractivity (Wildman–Crippen MR) is 108 cm³/mol. The monoisotopic (exact) mass is 405 g/mol. The number of aromatic nitrogens is 2. The maximum absolute atomic E-state index is 12.4. The van der Waals surface area contributed by atoms with Crippen molar-refractivity contribution in [3.05, 3.63) is 68.7 Å². The van der Waals surface area contributed by atoms with Crippen molar-refractivity contribution in [2.45, 2.75) is 13.0 Å². The summed E-state index contributed by atoms with van der Waals surface area (Å²) in [5, 5.41) is 4.03. The van der Waals surface area contributed by atoms with E-state index in [1.807, 2.05) is 20.0 Å². The number of nitrogens with one attached hydrogen (secondary N) is 3. The van der Waals surface area contributed by atoms with Crippen LogP contribution >= 0.6 is 23.2 Å². The lowest BCUT2D eigenvalue weighted by Crippen LogP contribution is -3.10. The summed E-state index contributed by atoms with van der Waals surface area (Å²) in [5.74, 6) is 0.289. The van der Waals surface area contributed by atoms with Gasteiger partial charge in [0, 0.05) is 0 Å². The lowest BCUT2D eigenvalue weighted by molar-refractivity contribution is -0.902. The SMILES string of the molecule is C[C@H](c1nc2ccccc2c(=O)[nH]1)[NH+](C)CC(=O)Nc1c(Cl)cccc1Cl. The molecule has 1 aromatic heterocycles. The summed E-state index contributed by atoms with van der Waals surface area (Å²) in [6, 6.07) is 12.0. The number of quaternary nitrogens is 1. The standard InChI is InChI=1S/C19H18Cl2N4O2/c1-11(18-22-15-9-4-3-6-12(15)19(27)24-18)25(2)10-16(26)23-17-13(20)7-5-8-14(17)21/h3-9,11H,10H2,1-2H3,(H,23,26)(H,22,24,27)/p+1/t11-/m1/s1. The third kappa shape index (κ3) is 4.30. The summed E-state index contributed by atoms with van der Waals surface area (Å²) in [5.41, 5.74) is 0.828. The molecule has 1 amide bonds. The first-order chi connectivity index (χ1) is 12.9. The van der Waals surface area contributed by atoms with Crippen LogP contribution in [0.1, 0.15) is 18.8 Å². The highest BCUT2D eigenvalue weighted by Gasteiger charge is 2.22. The second-order valence-electron chi connectivity index (χ2n) is 6.36. The molecule has 3 aromatic rings. The molecule has 0 radical (unpaired) electrons. The number of nitrogens with zero attached hydrogens (tertiary/aromatic N) is 1. The van der Waals surface area contributed by atoms with Gasteiger partial charge in [-0.2, -0.15) is 0 Å². The van der Waals surface area contributed by atoms with E-state index < -0.39 is 0 Å². The Kier molecular flexibility index (Phi) is 5.79. The topological polar surface area (TPSA) is 79.3 Å². The van der Waals surface area contributed by atoms with Crippen molar-refractivity contribution in [2.75, 3.05) is 18.9 Å². The third-order valence-corrected chi connectivity index (χ3v) is 5.08. The number of para-hydroxylation sites is 2. The second kappa shape index (κ2) is 8.08. The number of likely N-dealkylation sites (N-methyl/N-ethyl adjacent to an activating group) is 1. The quantitative estimate of drug-likeness (QED) is 0.609. The second-order valence-corrected chi connectivity index (χ2v) is 7.17. The molecule has 6 nitrogen and oxygen atoms in total. The van der Waals surface area contributed by atoms with Gasteiger partial charge in [0.2, 0.25) is 0 Å². The van der Waals surface area contributed by atoms with E-state index in [4.69, 9.17) is 23.2 Å². The predicted octanol–water partition coefficient (Wildman–Crippen LogP) is 2.44. The molecule has 0 aliphatic heterocycles. The van der Waals surface area contributed by atoms with Gasteiger partial charge in [-0.25, -0.2) is 4.98 Å². The molecule has 3 rings (SSSR count). The van der Waals surface area contributed by atoms with Gasteiger partial charge >= 0.3 is 0 Å². The number of benzene rings is 2. The Morgan fingerprint density at radius 2 is 1.85 bits per heavy atom. The van der Waals surface area contributed by atoms with Gasteiger partial charge in [0.15, 0.2) is 12.4 Å². The lowest BCUT2D eigenvalue weighted by Gasteiger charge is -2.21. The fraction of sp³-hybridized carbons (Fsp3) is 0.211. The Bertz CT molecular complexity index is 1030. The van der Waals surface area contributed by atoms with Gasteiger partial charge in [-0.05, 0) is 31.2 Å². The number of anilines is 1. The Labute approximate surface area is 166 Å². The maximum atomic E-state index is 12.4. The lowest BCUT2D eigenvalue weighted by atomic mass is 10.2. The molecule has 2 aromatic carbocycles. The minimum Gasteiger partial charge on any atom is -0.321 e. The molecule has 8 heteroatoms. The molecular formula is C19H19Cl2N4O2+. The van der Waals surface area contributed by atoms with Crippen LogP contribution in [0.25, 0.3) is 10.9 Å². The average molecular weight is 406 g/mol. The van der Waals surface area contributed by atoms with Crippen molar-refractivity contribution in [3.63, 3.8) is 0 Å². The Morgan fingerprint density at radius 3 is 2.56 bits per heavy atom. The third-order valence-electron chi connectivity index (χ3n) is 4.45. The highest BCUT2D eigenvalue weighted by atomic mass is 35.5. The van der Waals surface area contributed by atoms with Crippen LogP contribution in [0, 0.1) is 0 Å². The Morgan fingerprint density at radius 1 is 1.19 bits per heavy atom. The summed E-state index contributed by atoms with van der Waals surface area (Å²) in [6.45, 7) is 2.05. The normalized spacial score (nSPS) is 13.3. The average Bonchev–Trinajstić information content (AvgIpc) is 2.64. The van der Waals surface area contributed by atoms with Gasteiger partial charge in [0.25, 0.3) is 11.5 Å². The van der Waals surface area contributed by atoms with Gasteiger partial charge in [-0.15, -0.1) is 0 Å². The first kappa shape index (κ1) is 19.4. The van der Waals surface area contributed by atoms with Crippen molar-refractivity contribution in [1.82, 2.24) is 9.97 Å². The molecule has 0 saturated heterocycles. The zero-order chi connectivity index (χ0) is 19.6. The van der Waals surface area contributed by atoms with E-state index in [2.05, 4.69) is 15.3 Å². The summed E-state index contributed by atoms with van der Waals surface area (Å²) in [4.78, 5) is 32.8. The molecule has 0 aliphatic carbocycles. The highest BCUT2D eigenvalue weighted by molar-refractivity contribution is 6.39. The van der Waals surface area contributed by atoms with E-state index in [1.165, 1.54) is 0 Å². The molecule has 3 N–H and O–H groups in total. The van der Waals surface area contributed by atoms with Crippen LogP contribution in [-0.2, 0) is 4.79 Å². The van der Waals surface area contributed by atoms with Crippen LogP contribution in [0.5, 0.6) is 0 Å². The summed E-state index contributed by atoms with van der Waals surface area (Å²) >= 11 is 12.2. The molecular weight excluding hydrogens is 387 g/mol. The number of fused-ring (bicyclic) bond motifs is 1. The van der Waals surface area contributed by atoms with Gasteiger partial charge in [0.1, 0.15) is 6.04 Å². The molecule has 27 heavy (non-hydrogen) atoms. The highest BCUT2D eigenvalue weighted by Crippen LogP contribution is 2.29. The molecule has 2 atom stereocenters. The molecule has 0 bridgehead atoms. The number of carbonyl (C=O) groups excluding carboxylic acids is 1. The van der Waals surface area contributed by atoms with Crippen LogP contribution in [0.3, 0.4) is 0 Å². The number of hydrogen-bond acceptors (Lipinski definition) is 3. The van der Waals surface area contributed by atoms with Gasteiger partial charge in [0.05, 0.1) is 33.7 Å². The van der Waals surface area contributed by atoms with Gasteiger partial charge < -0.3 is 15.2 Å². The molecule has 140 valence electrons. The van der Waals surface area contributed by atoms with Crippen LogP contribution in [0.15, 0.2) is 47.3 Å². The van der Waals surface area contributed by atoms with E-state index in [1.54, 1.807) is 36.4 Å². The van der Waals surface area contributed by atoms with Crippen molar-refractivity contribution < 1.29 is 9.69 Å². The zero-order valence-electron chi connectivity index (χ0n) is 14.8. The Hall–Kier alpha value is -2.41. The van der Waals surface area contributed by atoms with E-state index in [9.17, 15) is 9.59 Å². The van der Waals surface area contributed by atoms with Crippen LogP contribution in [-0.4, -0.2) is 29.5 Å². The molecule has 1 unspecified atom stereocenters. The molecule has 0 fully saturated rings. The fourth-order valence-electron chi connectivity index (χ4n) is 2.75. The number of H-pyrrole nitrogens is 1. The first-order valence-electron chi connectivity index (χ1n) is 8.42. The zero-order valence-corrected chi connectivity index (χ0v) is 16.4. The van der Waals surface area contributed by atoms with Crippen molar-refractivity contribution >= 4 is 45.7 Å². The smallest absolute Gasteiger partial charge is 0.279 e. The van der Waals surface area contributed by atoms with Gasteiger partial charge in [-0.1, -0.05) is 41.4 Å². The molecule has 0 saturated carbocycles. The fourth-order valence-corrected chi connectivity index (χ4v) is 3.24. The molecule has 0 spiro atoms. The number of carbonyl (C=O) groups is 1. The van der Waals surface area contributed by atoms with Gasteiger partial charge in [-0.3, -0.25) is 9.59 Å². The van der Waals surface area contributed by atoms with Crippen LogP contribution in [0.2, 0.25) is 10.0 Å². The number of rotatable bonds is 5. The molecule has 0 aliphatic rings. The van der Waals surface area contributed by atoms with Crippen LogP contribution in [0.4, 0.5) is 5.69 Å². The number of aromatic amines is 1. The van der Waals surface area contributed by atoms with Crippen molar-refractivity contribution in [1.29, 1.82) is 0 Å². The van der Waals surface area contributed by atoms with E-state index in [-0.39, 0.29) is 24.1 Å². The van der Waals surface area contributed by atoms with E-state index in [0.717, 1.165) is 4.90 Å². The van der Waals surface area contributed by atoms with E-state index >= 15 is 0 Å². The minimum absolute atomic E-state index is 0.152. The first-order valence-corrected chi connectivity index (χ1v) is 9.17.